The Labute approximate surface area is 159 Å². The molecule has 1 N–H and O–H groups in total. The van der Waals surface area contributed by atoms with Crippen molar-refractivity contribution in [2.75, 3.05) is 13.2 Å². The summed E-state index contributed by atoms with van der Waals surface area (Å²) in [5.41, 5.74) is 2.19. The van der Waals surface area contributed by atoms with E-state index in [1.165, 1.54) is 0 Å². The number of thiophene rings is 1. The molecule has 1 aliphatic heterocycles. The topological polar surface area (TPSA) is 59.4 Å². The van der Waals surface area contributed by atoms with Gasteiger partial charge in [0.25, 0.3) is 0 Å². The minimum Gasteiger partial charge on any atom is -0.376 e. The summed E-state index contributed by atoms with van der Waals surface area (Å²) in [5.74, 6) is 0.535. The number of hydrogen-bond acceptors (Lipinski definition) is 4. The molecule has 1 atom stereocenters. The Hall–Kier alpha value is -1.86. The Morgan fingerprint density at radius 3 is 3.12 bits per heavy atom. The van der Waals surface area contributed by atoms with Crippen molar-refractivity contribution in [1.82, 2.24) is 19.8 Å². The largest absolute Gasteiger partial charge is 0.376 e. The maximum absolute atomic E-state index is 12.8. The van der Waals surface area contributed by atoms with Gasteiger partial charge in [0, 0.05) is 32.4 Å². The molecule has 0 saturated carbocycles. The Morgan fingerprint density at radius 1 is 1.54 bits per heavy atom. The summed E-state index contributed by atoms with van der Waals surface area (Å²) in [7, 11) is 0. The van der Waals surface area contributed by atoms with E-state index in [0.717, 1.165) is 37.3 Å². The maximum Gasteiger partial charge on any atom is 0.318 e. The molecule has 2 aromatic rings. The molecule has 0 aromatic carbocycles. The standard InChI is InChI=1S/C19H28N4O2S/c1-15(2)10-23-14-20-8-17(23)9-21-19(24)22(11-16-5-7-26-13-16)12-18-4-3-6-25-18/h5,7-8,13-15,18H,3-4,6,9-12H2,1-2H3,(H,21,24)/t18-/m0/s1. The normalized spacial score (nSPS) is 17.0. The zero-order valence-electron chi connectivity index (χ0n) is 15.6. The Bertz CT molecular complexity index is 678. The number of rotatable bonds is 8. The lowest BCUT2D eigenvalue weighted by Crippen LogP contribution is -2.43. The van der Waals surface area contributed by atoms with Crippen LogP contribution in [-0.2, 0) is 24.4 Å². The molecule has 2 amide bonds. The molecule has 1 aliphatic rings. The lowest BCUT2D eigenvalue weighted by atomic mass is 10.2. The van der Waals surface area contributed by atoms with E-state index in [4.69, 9.17) is 4.74 Å². The van der Waals surface area contributed by atoms with Crippen LogP contribution in [0.1, 0.15) is 37.9 Å². The van der Waals surface area contributed by atoms with Crippen molar-refractivity contribution in [2.45, 2.75) is 52.4 Å². The molecule has 142 valence electrons. The van der Waals surface area contributed by atoms with Gasteiger partial charge >= 0.3 is 6.03 Å². The predicted molar refractivity (Wildman–Crippen MR) is 103 cm³/mol. The van der Waals surface area contributed by atoms with Gasteiger partial charge in [-0.2, -0.15) is 11.3 Å². The third-order valence-corrected chi connectivity index (χ3v) is 5.20. The van der Waals surface area contributed by atoms with Gasteiger partial charge in [0.2, 0.25) is 0 Å². The van der Waals surface area contributed by atoms with E-state index in [9.17, 15) is 4.79 Å². The number of nitrogens with one attached hydrogen (secondary N) is 1. The van der Waals surface area contributed by atoms with Crippen LogP contribution in [0.15, 0.2) is 29.4 Å². The third kappa shape index (κ3) is 5.32. The van der Waals surface area contributed by atoms with Crippen LogP contribution in [0.2, 0.25) is 0 Å². The van der Waals surface area contributed by atoms with Gasteiger partial charge in [-0.15, -0.1) is 0 Å². The number of imidazole rings is 1. The van der Waals surface area contributed by atoms with E-state index in [1.807, 2.05) is 22.8 Å². The first-order valence-corrected chi connectivity index (χ1v) is 10.2. The van der Waals surface area contributed by atoms with E-state index in [1.54, 1.807) is 11.3 Å². The van der Waals surface area contributed by atoms with Gasteiger partial charge in [-0.3, -0.25) is 0 Å². The zero-order chi connectivity index (χ0) is 18.4. The van der Waals surface area contributed by atoms with Crippen LogP contribution in [-0.4, -0.2) is 39.7 Å². The average Bonchev–Trinajstić information content (AvgIpc) is 3.35. The van der Waals surface area contributed by atoms with Crippen LogP contribution in [0, 0.1) is 5.92 Å². The van der Waals surface area contributed by atoms with Gasteiger partial charge in [0.15, 0.2) is 0 Å². The number of aromatic nitrogens is 2. The van der Waals surface area contributed by atoms with Crippen LogP contribution < -0.4 is 5.32 Å². The minimum absolute atomic E-state index is 0.0519. The van der Waals surface area contributed by atoms with Crippen LogP contribution in [0.3, 0.4) is 0 Å². The highest BCUT2D eigenvalue weighted by Crippen LogP contribution is 2.16. The van der Waals surface area contributed by atoms with Gasteiger partial charge in [-0.05, 0) is 41.1 Å². The molecule has 1 saturated heterocycles. The lowest BCUT2D eigenvalue weighted by molar-refractivity contribution is 0.0794. The molecular formula is C19H28N4O2S. The zero-order valence-corrected chi connectivity index (χ0v) is 16.4. The van der Waals surface area contributed by atoms with E-state index in [2.05, 4.69) is 40.2 Å². The van der Waals surface area contributed by atoms with Gasteiger partial charge in [0.05, 0.1) is 24.7 Å². The molecular weight excluding hydrogens is 348 g/mol. The molecule has 26 heavy (non-hydrogen) atoms. The van der Waals surface area contributed by atoms with Crippen molar-refractivity contribution in [3.8, 4) is 0 Å². The maximum atomic E-state index is 12.8. The molecule has 0 spiro atoms. The van der Waals surface area contributed by atoms with E-state index >= 15 is 0 Å². The summed E-state index contributed by atoms with van der Waals surface area (Å²) in [6, 6.07) is 2.02. The van der Waals surface area contributed by atoms with E-state index < -0.39 is 0 Å². The molecule has 0 aliphatic carbocycles. The number of urea groups is 1. The fraction of sp³-hybridized carbons (Fsp3) is 0.579. The molecule has 6 nitrogen and oxygen atoms in total. The fourth-order valence-electron chi connectivity index (χ4n) is 3.19. The van der Waals surface area contributed by atoms with Crippen LogP contribution >= 0.6 is 11.3 Å². The Morgan fingerprint density at radius 2 is 2.42 bits per heavy atom. The van der Waals surface area contributed by atoms with Crippen molar-refractivity contribution in [3.05, 3.63) is 40.6 Å². The van der Waals surface area contributed by atoms with Crippen molar-refractivity contribution in [3.63, 3.8) is 0 Å². The second kappa shape index (κ2) is 9.19. The number of nitrogens with zero attached hydrogens (tertiary/aromatic N) is 3. The highest BCUT2D eigenvalue weighted by Gasteiger charge is 2.23. The number of carbonyl (C=O) groups is 1. The van der Waals surface area contributed by atoms with Crippen molar-refractivity contribution < 1.29 is 9.53 Å². The number of hydrogen-bond donors (Lipinski definition) is 1. The first-order chi connectivity index (χ1) is 12.6. The Kier molecular flexibility index (Phi) is 6.68. The van der Waals surface area contributed by atoms with E-state index in [0.29, 0.717) is 25.6 Å². The first-order valence-electron chi connectivity index (χ1n) is 9.26. The SMILES string of the molecule is CC(C)Cn1cncc1CNC(=O)N(Cc1ccsc1)C[C@@H]1CCCO1. The molecule has 1 fully saturated rings. The molecule has 0 unspecified atom stereocenters. The summed E-state index contributed by atoms with van der Waals surface area (Å²) >= 11 is 1.65. The quantitative estimate of drug-likeness (QED) is 0.767. The van der Waals surface area contributed by atoms with Crippen molar-refractivity contribution in [2.24, 2.45) is 5.92 Å². The number of ether oxygens (including phenoxy) is 1. The lowest BCUT2D eigenvalue weighted by Gasteiger charge is -2.25. The van der Waals surface area contributed by atoms with Crippen molar-refractivity contribution in [1.29, 1.82) is 0 Å². The van der Waals surface area contributed by atoms with E-state index in [-0.39, 0.29) is 12.1 Å². The predicted octanol–water partition coefficient (Wildman–Crippen LogP) is 3.49. The Balaban J connectivity index is 1.60. The highest BCUT2D eigenvalue weighted by molar-refractivity contribution is 7.07. The van der Waals surface area contributed by atoms with Crippen LogP contribution in [0.25, 0.3) is 0 Å². The summed E-state index contributed by atoms with van der Waals surface area (Å²) in [5, 5.41) is 7.19. The highest BCUT2D eigenvalue weighted by atomic mass is 32.1. The summed E-state index contributed by atoms with van der Waals surface area (Å²) < 4.78 is 7.84. The molecule has 0 radical (unpaired) electrons. The second-order valence-electron chi connectivity index (χ2n) is 7.24. The second-order valence-corrected chi connectivity index (χ2v) is 8.02. The van der Waals surface area contributed by atoms with Crippen LogP contribution in [0.4, 0.5) is 4.79 Å². The molecule has 2 aromatic heterocycles. The number of carbonyl (C=O) groups excluding carboxylic acids is 1. The van der Waals surface area contributed by atoms with Gasteiger partial charge in [-0.1, -0.05) is 13.8 Å². The van der Waals surface area contributed by atoms with Gasteiger partial charge in [-0.25, -0.2) is 9.78 Å². The average molecular weight is 377 g/mol. The van der Waals surface area contributed by atoms with Crippen molar-refractivity contribution >= 4 is 17.4 Å². The first kappa shape index (κ1) is 18.9. The van der Waals surface area contributed by atoms with Gasteiger partial charge < -0.3 is 19.5 Å². The summed E-state index contributed by atoms with van der Waals surface area (Å²) in [6.45, 7) is 7.77. The van der Waals surface area contributed by atoms with Gasteiger partial charge in [0.1, 0.15) is 0 Å². The third-order valence-electron chi connectivity index (χ3n) is 4.47. The summed E-state index contributed by atoms with van der Waals surface area (Å²) in [6.07, 6.45) is 5.90. The minimum atomic E-state index is -0.0519. The monoisotopic (exact) mass is 376 g/mol. The molecule has 3 rings (SSSR count). The molecule has 0 bridgehead atoms. The molecule has 7 heteroatoms. The number of amides is 2. The molecule has 3 heterocycles. The fourth-order valence-corrected chi connectivity index (χ4v) is 3.85. The smallest absolute Gasteiger partial charge is 0.318 e. The summed E-state index contributed by atoms with van der Waals surface area (Å²) in [4.78, 5) is 18.9. The van der Waals surface area contributed by atoms with Crippen LogP contribution in [0.5, 0.6) is 0 Å².